The molecule has 1 nitrogen and oxygen atoms in total. The van der Waals surface area contributed by atoms with Crippen LogP contribution in [0.3, 0.4) is 0 Å². The van der Waals surface area contributed by atoms with Crippen LogP contribution in [0.5, 0.6) is 0 Å². The lowest BCUT2D eigenvalue weighted by Crippen LogP contribution is -2.11. The van der Waals surface area contributed by atoms with Gasteiger partial charge in [-0.05, 0) is 24.1 Å². The minimum atomic E-state index is 0.320. The van der Waals surface area contributed by atoms with Crippen molar-refractivity contribution in [3.63, 3.8) is 0 Å². The average molecular weight is 274 g/mol. The Morgan fingerprint density at radius 2 is 1.68 bits per heavy atom. The van der Waals surface area contributed by atoms with Crippen molar-refractivity contribution in [2.75, 3.05) is 5.32 Å². The Morgan fingerprint density at radius 1 is 1.00 bits per heavy atom. The normalized spacial score (nSPS) is 12.1. The molecule has 0 saturated heterocycles. The molecule has 0 aliphatic heterocycles. The predicted molar refractivity (Wildman–Crippen MR) is 83.8 cm³/mol. The molecule has 0 amide bonds. The fraction of sp³-hybridized carbons (Fsp3) is 0.294. The van der Waals surface area contributed by atoms with Gasteiger partial charge in [0, 0.05) is 0 Å². The summed E-state index contributed by atoms with van der Waals surface area (Å²) in [5.41, 5.74) is 2.32. The molecule has 0 aliphatic rings. The topological polar surface area (TPSA) is 12.0 Å². The summed E-state index contributed by atoms with van der Waals surface area (Å²) in [6.45, 7) is 2.22. The van der Waals surface area contributed by atoms with Crippen LogP contribution in [-0.2, 0) is 0 Å². The van der Waals surface area contributed by atoms with Gasteiger partial charge in [0.25, 0.3) is 0 Å². The standard InChI is InChI=1S/C17H20ClN/c1-2-3-12-16(14-9-5-4-6-10-14)19-17-13-8-7-11-15(17)18/h4-11,13,16,19H,2-3,12H2,1H3. The molecule has 2 aromatic carbocycles. The van der Waals surface area contributed by atoms with Crippen molar-refractivity contribution >= 4 is 17.3 Å². The van der Waals surface area contributed by atoms with Crippen molar-refractivity contribution in [2.45, 2.75) is 32.2 Å². The summed E-state index contributed by atoms with van der Waals surface area (Å²) in [7, 11) is 0. The number of halogens is 1. The van der Waals surface area contributed by atoms with E-state index in [-0.39, 0.29) is 0 Å². The summed E-state index contributed by atoms with van der Waals surface area (Å²) in [5.74, 6) is 0. The Morgan fingerprint density at radius 3 is 2.37 bits per heavy atom. The van der Waals surface area contributed by atoms with Gasteiger partial charge in [0.1, 0.15) is 0 Å². The molecule has 2 heteroatoms. The first-order valence-electron chi connectivity index (χ1n) is 6.87. The Kier molecular flexibility index (Phi) is 5.29. The van der Waals surface area contributed by atoms with E-state index >= 15 is 0 Å². The molecule has 0 spiro atoms. The molecule has 2 aromatic rings. The largest absolute Gasteiger partial charge is 0.377 e. The SMILES string of the molecule is CCCCC(Nc1ccccc1Cl)c1ccccc1. The molecule has 0 aliphatic carbocycles. The first-order chi connectivity index (χ1) is 9.31. The number of nitrogens with one attached hydrogen (secondary N) is 1. The molecular weight excluding hydrogens is 254 g/mol. The maximum absolute atomic E-state index is 6.23. The van der Waals surface area contributed by atoms with Gasteiger partial charge in [-0.2, -0.15) is 0 Å². The van der Waals surface area contributed by atoms with Crippen LogP contribution >= 0.6 is 11.6 Å². The van der Waals surface area contributed by atoms with Gasteiger partial charge in [0.2, 0.25) is 0 Å². The molecule has 1 atom stereocenters. The number of benzene rings is 2. The fourth-order valence-electron chi connectivity index (χ4n) is 2.18. The van der Waals surface area contributed by atoms with Gasteiger partial charge in [-0.15, -0.1) is 0 Å². The maximum atomic E-state index is 6.23. The molecule has 0 fully saturated rings. The number of hydrogen-bond donors (Lipinski definition) is 1. The monoisotopic (exact) mass is 273 g/mol. The molecule has 0 heterocycles. The number of unbranched alkanes of at least 4 members (excludes halogenated alkanes) is 1. The van der Waals surface area contributed by atoms with E-state index in [9.17, 15) is 0 Å². The second-order valence-corrected chi connectivity index (χ2v) is 5.14. The predicted octanol–water partition coefficient (Wildman–Crippen LogP) is 5.68. The molecule has 0 aromatic heterocycles. The first-order valence-corrected chi connectivity index (χ1v) is 7.25. The van der Waals surface area contributed by atoms with Gasteiger partial charge in [-0.3, -0.25) is 0 Å². The van der Waals surface area contributed by atoms with Crippen molar-refractivity contribution in [3.8, 4) is 0 Å². The Bertz CT molecular complexity index is 496. The third-order valence-electron chi connectivity index (χ3n) is 3.25. The van der Waals surface area contributed by atoms with Crippen LogP contribution < -0.4 is 5.32 Å². The van der Waals surface area contributed by atoms with Crippen molar-refractivity contribution in [1.29, 1.82) is 0 Å². The zero-order chi connectivity index (χ0) is 13.5. The van der Waals surface area contributed by atoms with Crippen molar-refractivity contribution in [1.82, 2.24) is 0 Å². The third kappa shape index (κ3) is 4.00. The lowest BCUT2D eigenvalue weighted by molar-refractivity contribution is 0.634. The smallest absolute Gasteiger partial charge is 0.0637 e. The number of rotatable bonds is 6. The molecular formula is C17H20ClN. The van der Waals surface area contributed by atoms with E-state index < -0.39 is 0 Å². The second kappa shape index (κ2) is 7.20. The average Bonchev–Trinajstić information content (AvgIpc) is 2.46. The number of para-hydroxylation sites is 1. The van der Waals surface area contributed by atoms with Gasteiger partial charge in [0.05, 0.1) is 16.8 Å². The van der Waals surface area contributed by atoms with Crippen LogP contribution in [0.1, 0.15) is 37.8 Å². The quantitative estimate of drug-likeness (QED) is 0.713. The minimum absolute atomic E-state index is 0.320. The Labute approximate surface area is 120 Å². The lowest BCUT2D eigenvalue weighted by Gasteiger charge is -2.21. The van der Waals surface area contributed by atoms with E-state index in [0.29, 0.717) is 6.04 Å². The Hall–Kier alpha value is -1.47. The van der Waals surface area contributed by atoms with Crippen LogP contribution in [0.2, 0.25) is 5.02 Å². The Balaban J connectivity index is 2.17. The summed E-state index contributed by atoms with van der Waals surface area (Å²) >= 11 is 6.23. The highest BCUT2D eigenvalue weighted by Crippen LogP contribution is 2.28. The molecule has 0 bridgehead atoms. The van der Waals surface area contributed by atoms with Gasteiger partial charge >= 0.3 is 0 Å². The lowest BCUT2D eigenvalue weighted by atomic mass is 10.0. The van der Waals surface area contributed by atoms with Gasteiger partial charge < -0.3 is 5.32 Å². The molecule has 19 heavy (non-hydrogen) atoms. The molecule has 100 valence electrons. The van der Waals surface area contributed by atoms with Gasteiger partial charge in [-0.25, -0.2) is 0 Å². The van der Waals surface area contributed by atoms with Gasteiger partial charge in [0.15, 0.2) is 0 Å². The summed E-state index contributed by atoms with van der Waals surface area (Å²) in [6, 6.07) is 18.8. The fourth-order valence-corrected chi connectivity index (χ4v) is 2.37. The minimum Gasteiger partial charge on any atom is -0.377 e. The molecule has 1 N–H and O–H groups in total. The van der Waals surface area contributed by atoms with E-state index in [1.54, 1.807) is 0 Å². The first kappa shape index (κ1) is 14.0. The summed E-state index contributed by atoms with van der Waals surface area (Å²) in [6.07, 6.45) is 3.52. The van der Waals surface area contributed by atoms with Crippen LogP contribution in [0, 0.1) is 0 Å². The summed E-state index contributed by atoms with van der Waals surface area (Å²) < 4.78 is 0. The molecule has 0 saturated carbocycles. The van der Waals surface area contributed by atoms with E-state index in [4.69, 9.17) is 11.6 Å². The molecule has 1 unspecified atom stereocenters. The van der Waals surface area contributed by atoms with Crippen molar-refractivity contribution < 1.29 is 0 Å². The second-order valence-electron chi connectivity index (χ2n) is 4.73. The zero-order valence-corrected chi connectivity index (χ0v) is 12.0. The van der Waals surface area contributed by atoms with Crippen LogP contribution in [0.15, 0.2) is 54.6 Å². The molecule has 0 radical (unpaired) electrons. The van der Waals surface area contributed by atoms with E-state index in [2.05, 4.69) is 42.6 Å². The zero-order valence-electron chi connectivity index (χ0n) is 11.3. The summed E-state index contributed by atoms with van der Waals surface area (Å²) in [4.78, 5) is 0. The highest BCUT2D eigenvalue weighted by atomic mass is 35.5. The highest BCUT2D eigenvalue weighted by Gasteiger charge is 2.11. The van der Waals surface area contributed by atoms with Crippen molar-refractivity contribution in [2.24, 2.45) is 0 Å². The van der Waals surface area contributed by atoms with Crippen LogP contribution in [0.25, 0.3) is 0 Å². The third-order valence-corrected chi connectivity index (χ3v) is 3.58. The van der Waals surface area contributed by atoms with Crippen LogP contribution in [0.4, 0.5) is 5.69 Å². The highest BCUT2D eigenvalue weighted by molar-refractivity contribution is 6.33. The van der Waals surface area contributed by atoms with Crippen LogP contribution in [-0.4, -0.2) is 0 Å². The number of anilines is 1. The number of hydrogen-bond acceptors (Lipinski definition) is 1. The van der Waals surface area contributed by atoms with Crippen molar-refractivity contribution in [3.05, 3.63) is 65.2 Å². The maximum Gasteiger partial charge on any atom is 0.0637 e. The summed E-state index contributed by atoms with van der Waals surface area (Å²) in [5, 5.41) is 4.34. The van der Waals surface area contributed by atoms with E-state index in [0.717, 1.165) is 17.1 Å². The van der Waals surface area contributed by atoms with E-state index in [1.165, 1.54) is 18.4 Å². The molecule has 2 rings (SSSR count). The van der Waals surface area contributed by atoms with Gasteiger partial charge in [-0.1, -0.05) is 73.8 Å². The van der Waals surface area contributed by atoms with E-state index in [1.807, 2.05) is 24.3 Å².